The zero-order valence-electron chi connectivity index (χ0n) is 12.4. The summed E-state index contributed by atoms with van der Waals surface area (Å²) in [6.45, 7) is 8.45. The fraction of sp³-hybridized carbons (Fsp3) is 0.625. The number of hydrogen-bond donors (Lipinski definition) is 0. The highest BCUT2D eigenvalue weighted by atomic mass is 35.5. The van der Waals surface area contributed by atoms with Gasteiger partial charge in [0.1, 0.15) is 0 Å². The summed E-state index contributed by atoms with van der Waals surface area (Å²) in [5.74, 6) is 1.59. The molecule has 1 heterocycles. The highest BCUT2D eigenvalue weighted by Gasteiger charge is 2.18. The van der Waals surface area contributed by atoms with Crippen molar-refractivity contribution in [3.05, 3.63) is 23.8 Å². The zero-order chi connectivity index (χ0) is 14.4. The van der Waals surface area contributed by atoms with Crippen molar-refractivity contribution in [2.45, 2.75) is 32.1 Å². The lowest BCUT2D eigenvalue weighted by Gasteiger charge is -2.20. The Balaban J connectivity index is 2.07. The van der Waals surface area contributed by atoms with E-state index in [-0.39, 0.29) is 5.38 Å². The highest BCUT2D eigenvalue weighted by Crippen LogP contribution is 2.33. The van der Waals surface area contributed by atoms with Gasteiger partial charge in [0.25, 0.3) is 0 Å². The zero-order valence-corrected chi connectivity index (χ0v) is 13.2. The number of rotatable bonds is 7. The maximum Gasteiger partial charge on any atom is 0.161 e. The van der Waals surface area contributed by atoms with Crippen LogP contribution < -0.4 is 9.47 Å². The number of halogens is 1. The molecule has 1 atom stereocenters. The molecule has 1 saturated heterocycles. The maximum atomic E-state index is 6.55. The smallest absolute Gasteiger partial charge is 0.161 e. The van der Waals surface area contributed by atoms with Crippen LogP contribution in [-0.4, -0.2) is 37.7 Å². The van der Waals surface area contributed by atoms with Gasteiger partial charge in [-0.05, 0) is 57.5 Å². The minimum atomic E-state index is 0.00276. The Hall–Kier alpha value is -0.930. The first-order valence-corrected chi connectivity index (χ1v) is 7.94. The molecular weight excluding hydrogens is 274 g/mol. The van der Waals surface area contributed by atoms with Gasteiger partial charge in [0.05, 0.1) is 18.6 Å². The number of nitrogens with zero attached hydrogens (tertiary/aromatic N) is 1. The Morgan fingerprint density at radius 1 is 1.10 bits per heavy atom. The molecule has 1 aliphatic rings. The SMILES string of the molecule is CCOc1ccc(C(Cl)CN2CCCC2)cc1OCC. The quantitative estimate of drug-likeness (QED) is 0.713. The van der Waals surface area contributed by atoms with Crippen molar-refractivity contribution in [1.29, 1.82) is 0 Å². The van der Waals surface area contributed by atoms with Gasteiger partial charge in [-0.3, -0.25) is 0 Å². The molecule has 0 bridgehead atoms. The second-order valence-electron chi connectivity index (χ2n) is 5.05. The van der Waals surface area contributed by atoms with Gasteiger partial charge in [-0.15, -0.1) is 11.6 Å². The summed E-state index contributed by atoms with van der Waals surface area (Å²) >= 11 is 6.55. The molecule has 0 saturated carbocycles. The fourth-order valence-corrected chi connectivity index (χ4v) is 2.89. The van der Waals surface area contributed by atoms with Crippen LogP contribution in [0.1, 0.15) is 37.6 Å². The molecule has 0 spiro atoms. The van der Waals surface area contributed by atoms with E-state index in [2.05, 4.69) is 4.90 Å². The van der Waals surface area contributed by atoms with E-state index in [1.165, 1.54) is 25.9 Å². The van der Waals surface area contributed by atoms with Crippen molar-refractivity contribution in [3.8, 4) is 11.5 Å². The monoisotopic (exact) mass is 297 g/mol. The van der Waals surface area contributed by atoms with E-state index in [1.54, 1.807) is 0 Å². The Bertz CT molecular complexity index is 419. The molecular formula is C16H24ClNO2. The number of hydrogen-bond acceptors (Lipinski definition) is 3. The number of likely N-dealkylation sites (tertiary alicyclic amines) is 1. The molecule has 0 N–H and O–H groups in total. The third-order valence-corrected chi connectivity index (χ3v) is 3.94. The van der Waals surface area contributed by atoms with Crippen LogP contribution in [0.4, 0.5) is 0 Å². The van der Waals surface area contributed by atoms with Crippen molar-refractivity contribution in [3.63, 3.8) is 0 Å². The van der Waals surface area contributed by atoms with Gasteiger partial charge in [0.15, 0.2) is 11.5 Å². The van der Waals surface area contributed by atoms with E-state index in [9.17, 15) is 0 Å². The summed E-state index contributed by atoms with van der Waals surface area (Å²) in [7, 11) is 0. The van der Waals surface area contributed by atoms with E-state index < -0.39 is 0 Å². The van der Waals surface area contributed by atoms with Gasteiger partial charge in [-0.2, -0.15) is 0 Å². The van der Waals surface area contributed by atoms with Crippen molar-refractivity contribution < 1.29 is 9.47 Å². The topological polar surface area (TPSA) is 21.7 Å². The second-order valence-corrected chi connectivity index (χ2v) is 5.57. The first-order valence-electron chi connectivity index (χ1n) is 7.50. The van der Waals surface area contributed by atoms with Crippen LogP contribution in [0.5, 0.6) is 11.5 Å². The van der Waals surface area contributed by atoms with Crippen molar-refractivity contribution in [1.82, 2.24) is 4.90 Å². The summed E-state index contributed by atoms with van der Waals surface area (Å²) in [6.07, 6.45) is 2.58. The van der Waals surface area contributed by atoms with Crippen LogP contribution >= 0.6 is 11.6 Å². The second kappa shape index (κ2) is 7.75. The Morgan fingerprint density at radius 3 is 2.40 bits per heavy atom. The summed E-state index contributed by atoms with van der Waals surface area (Å²) in [6, 6.07) is 6.02. The average Bonchev–Trinajstić information content (AvgIpc) is 2.94. The van der Waals surface area contributed by atoms with Crippen LogP contribution in [0, 0.1) is 0 Å². The molecule has 0 aliphatic carbocycles. The predicted octanol–water partition coefficient (Wildman–Crippen LogP) is 3.86. The van der Waals surface area contributed by atoms with Crippen LogP contribution in [0.25, 0.3) is 0 Å². The summed E-state index contributed by atoms with van der Waals surface area (Å²) < 4.78 is 11.2. The third-order valence-electron chi connectivity index (χ3n) is 3.55. The summed E-state index contributed by atoms with van der Waals surface area (Å²) in [4.78, 5) is 2.43. The van der Waals surface area contributed by atoms with Gasteiger partial charge in [0.2, 0.25) is 0 Å². The molecule has 1 unspecified atom stereocenters. The first kappa shape index (κ1) is 15.5. The molecule has 3 nitrogen and oxygen atoms in total. The minimum absolute atomic E-state index is 0.00276. The largest absolute Gasteiger partial charge is 0.490 e. The molecule has 20 heavy (non-hydrogen) atoms. The lowest BCUT2D eigenvalue weighted by Crippen LogP contribution is -2.23. The lowest BCUT2D eigenvalue weighted by molar-refractivity contribution is 0.287. The molecule has 1 aromatic rings. The molecule has 4 heteroatoms. The van der Waals surface area contributed by atoms with Crippen LogP contribution in [0.15, 0.2) is 18.2 Å². The van der Waals surface area contributed by atoms with Crippen LogP contribution in [0.2, 0.25) is 0 Å². The first-order chi connectivity index (χ1) is 9.74. The van der Waals surface area contributed by atoms with Gasteiger partial charge in [0, 0.05) is 6.54 Å². The third kappa shape index (κ3) is 4.03. The van der Waals surface area contributed by atoms with E-state index in [0.29, 0.717) is 13.2 Å². The van der Waals surface area contributed by atoms with Crippen molar-refractivity contribution in [2.24, 2.45) is 0 Å². The van der Waals surface area contributed by atoms with Crippen LogP contribution in [-0.2, 0) is 0 Å². The molecule has 0 amide bonds. The summed E-state index contributed by atoms with van der Waals surface area (Å²) in [5.41, 5.74) is 1.10. The minimum Gasteiger partial charge on any atom is -0.490 e. The van der Waals surface area contributed by atoms with Gasteiger partial charge in [-0.1, -0.05) is 6.07 Å². The Labute approximate surface area is 126 Å². The van der Waals surface area contributed by atoms with Crippen molar-refractivity contribution >= 4 is 11.6 Å². The molecule has 1 aliphatic heterocycles. The van der Waals surface area contributed by atoms with E-state index in [4.69, 9.17) is 21.1 Å². The molecule has 1 aromatic carbocycles. The van der Waals surface area contributed by atoms with Gasteiger partial charge >= 0.3 is 0 Å². The lowest BCUT2D eigenvalue weighted by atomic mass is 10.1. The fourth-order valence-electron chi connectivity index (χ4n) is 2.56. The molecule has 1 fully saturated rings. The van der Waals surface area contributed by atoms with Gasteiger partial charge in [-0.25, -0.2) is 0 Å². The van der Waals surface area contributed by atoms with Crippen molar-refractivity contribution in [2.75, 3.05) is 32.8 Å². The Kier molecular flexibility index (Phi) is 5.99. The summed E-state index contributed by atoms with van der Waals surface area (Å²) in [5, 5.41) is 0.00276. The number of ether oxygens (including phenoxy) is 2. The highest BCUT2D eigenvalue weighted by molar-refractivity contribution is 6.21. The Morgan fingerprint density at radius 2 is 1.75 bits per heavy atom. The number of alkyl halides is 1. The molecule has 0 radical (unpaired) electrons. The average molecular weight is 298 g/mol. The van der Waals surface area contributed by atoms with E-state index in [0.717, 1.165) is 23.6 Å². The van der Waals surface area contributed by atoms with Crippen LogP contribution in [0.3, 0.4) is 0 Å². The standard InChI is InChI=1S/C16H24ClNO2/c1-3-19-15-8-7-13(11-16(15)20-4-2)14(17)12-18-9-5-6-10-18/h7-8,11,14H,3-6,9-10,12H2,1-2H3. The molecule has 112 valence electrons. The number of benzene rings is 1. The molecule has 2 rings (SSSR count). The predicted molar refractivity (Wildman–Crippen MR) is 83.0 cm³/mol. The maximum absolute atomic E-state index is 6.55. The normalized spacial score (nSPS) is 17.1. The van der Waals surface area contributed by atoms with E-state index in [1.807, 2.05) is 32.0 Å². The van der Waals surface area contributed by atoms with Gasteiger partial charge < -0.3 is 14.4 Å². The molecule has 0 aromatic heterocycles. The van der Waals surface area contributed by atoms with E-state index >= 15 is 0 Å².